The predicted molar refractivity (Wildman–Crippen MR) is 82.9 cm³/mol. The van der Waals surface area contributed by atoms with Crippen molar-refractivity contribution in [3.05, 3.63) is 54.1 Å². The van der Waals surface area contributed by atoms with E-state index in [-0.39, 0.29) is 19.1 Å². The normalized spacial score (nSPS) is 9.50. The highest BCUT2D eigenvalue weighted by Crippen LogP contribution is 2.26. The number of carbonyl (C=O) groups is 2. The van der Waals surface area contributed by atoms with Crippen LogP contribution in [0.25, 0.3) is 11.1 Å². The number of anilines is 1. The van der Waals surface area contributed by atoms with Gasteiger partial charge < -0.3 is 5.32 Å². The zero-order valence-corrected chi connectivity index (χ0v) is 10.9. The first kappa shape index (κ1) is 15.6. The Morgan fingerprint density at radius 3 is 2.10 bits per heavy atom. The second-order valence-corrected chi connectivity index (χ2v) is 4.36. The van der Waals surface area contributed by atoms with Gasteiger partial charge in [-0.15, -0.1) is 0 Å². The quantitative estimate of drug-likeness (QED) is 0.851. The van der Waals surface area contributed by atoms with E-state index in [2.05, 4.69) is 5.32 Å². The number of carbonyl (C=O) groups excluding carboxylic acids is 2. The van der Waals surface area contributed by atoms with Crippen LogP contribution < -0.4 is 5.32 Å². The van der Waals surface area contributed by atoms with Gasteiger partial charge in [-0.25, -0.2) is 0 Å². The highest BCUT2D eigenvalue weighted by Gasteiger charge is 2.10. The molecule has 0 atom stereocenters. The minimum absolute atomic E-state index is 0. The molecule has 0 spiro atoms. The van der Waals surface area contributed by atoms with E-state index in [1.807, 2.05) is 42.5 Å². The molecule has 104 valence electrons. The molecule has 2 aromatic rings. The first-order valence-electron chi connectivity index (χ1n) is 6.06. The van der Waals surface area contributed by atoms with Crippen molar-refractivity contribution in [2.45, 2.75) is 21.3 Å². The van der Waals surface area contributed by atoms with Crippen LogP contribution in [0, 0.1) is 0 Å². The lowest BCUT2D eigenvalue weighted by molar-refractivity contribution is -0.114. The fourth-order valence-corrected chi connectivity index (χ4v) is 1.95. The van der Waals surface area contributed by atoms with E-state index in [0.29, 0.717) is 11.3 Å². The molecule has 1 N–H and O–H groups in total. The summed E-state index contributed by atoms with van der Waals surface area (Å²) < 4.78 is 0. The number of hydrogen-bond donors (Lipinski definition) is 1. The fourth-order valence-electron chi connectivity index (χ4n) is 1.95. The molecular weight excluding hydrogens is 250 g/mol. The third-order valence-corrected chi connectivity index (χ3v) is 2.82. The van der Waals surface area contributed by atoms with Crippen LogP contribution in [0.15, 0.2) is 48.5 Å². The molecule has 3 nitrogen and oxygen atoms in total. The molecule has 0 unspecified atom stereocenters. The van der Waals surface area contributed by atoms with Crippen molar-refractivity contribution in [1.29, 1.82) is 0 Å². The maximum atomic E-state index is 11.5. The lowest BCUT2D eigenvalue weighted by atomic mass is 10.0. The van der Waals surface area contributed by atoms with Gasteiger partial charge in [-0.1, -0.05) is 43.8 Å². The Labute approximate surface area is 119 Å². The second-order valence-electron chi connectivity index (χ2n) is 4.36. The highest BCUT2D eigenvalue weighted by atomic mass is 16.1. The molecule has 0 aromatic heterocycles. The van der Waals surface area contributed by atoms with Crippen molar-refractivity contribution in [3.63, 3.8) is 0 Å². The third kappa shape index (κ3) is 3.54. The zero-order valence-electron chi connectivity index (χ0n) is 10.9. The van der Waals surface area contributed by atoms with Crippen LogP contribution in [0.2, 0.25) is 0 Å². The predicted octanol–water partition coefficient (Wildman–Crippen LogP) is 4.15. The van der Waals surface area contributed by atoms with E-state index in [1.54, 1.807) is 6.07 Å². The number of rotatable bonds is 3. The molecule has 0 aliphatic carbocycles. The number of amides is 1. The third-order valence-electron chi connectivity index (χ3n) is 2.82. The Morgan fingerprint density at radius 1 is 0.900 bits per heavy atom. The Balaban J connectivity index is 0.00000200. The molecule has 2 aromatic carbocycles. The molecule has 0 aliphatic rings. The first-order chi connectivity index (χ1) is 9.08. The van der Waals surface area contributed by atoms with Gasteiger partial charge in [0.05, 0.1) is 5.69 Å². The molecule has 0 fully saturated rings. The van der Waals surface area contributed by atoms with Gasteiger partial charge in [-0.05, 0) is 30.2 Å². The van der Waals surface area contributed by atoms with Crippen LogP contribution in [0.4, 0.5) is 5.69 Å². The average molecular weight is 269 g/mol. The molecule has 2 rings (SSSR count). The molecule has 1 amide bonds. The molecule has 0 aliphatic heterocycles. The zero-order chi connectivity index (χ0) is 13.8. The van der Waals surface area contributed by atoms with Gasteiger partial charge in [0, 0.05) is 12.5 Å². The molecule has 0 saturated heterocycles. The van der Waals surface area contributed by atoms with Gasteiger partial charge in [0.1, 0.15) is 0 Å². The van der Waals surface area contributed by atoms with Crippen LogP contribution in [0.3, 0.4) is 0 Å². The van der Waals surface area contributed by atoms with Crippen molar-refractivity contribution >= 4 is 17.4 Å². The van der Waals surface area contributed by atoms with E-state index in [1.165, 1.54) is 13.8 Å². The van der Waals surface area contributed by atoms with E-state index in [4.69, 9.17) is 0 Å². The van der Waals surface area contributed by atoms with E-state index in [9.17, 15) is 9.59 Å². The maximum absolute atomic E-state index is 11.5. The van der Waals surface area contributed by atoms with E-state index < -0.39 is 0 Å². The van der Waals surface area contributed by atoms with Gasteiger partial charge in [0.25, 0.3) is 0 Å². The molecule has 0 saturated carbocycles. The highest BCUT2D eigenvalue weighted by molar-refractivity contribution is 6.04. The standard InChI is InChI=1S/C16H15NO2.CH4/c1-11(18)15-9-8-14(10-16(15)17-12(2)19)13-6-4-3-5-7-13;/h3-10H,1-2H3,(H,17,19);1H4. The summed E-state index contributed by atoms with van der Waals surface area (Å²) in [6.45, 7) is 2.92. The Kier molecular flexibility index (Phi) is 5.21. The summed E-state index contributed by atoms with van der Waals surface area (Å²) in [6, 6.07) is 15.3. The van der Waals surface area contributed by atoms with Crippen molar-refractivity contribution in [3.8, 4) is 11.1 Å². The number of ketones is 1. The van der Waals surface area contributed by atoms with Crippen LogP contribution in [-0.4, -0.2) is 11.7 Å². The number of benzene rings is 2. The summed E-state index contributed by atoms with van der Waals surface area (Å²) in [5, 5.41) is 2.71. The van der Waals surface area contributed by atoms with Crippen LogP contribution in [0.1, 0.15) is 31.6 Å². The van der Waals surface area contributed by atoms with Gasteiger partial charge in [0.2, 0.25) is 5.91 Å². The SMILES string of the molecule is C.CC(=O)Nc1cc(-c2ccccc2)ccc1C(C)=O. The summed E-state index contributed by atoms with van der Waals surface area (Å²) in [7, 11) is 0. The summed E-state index contributed by atoms with van der Waals surface area (Å²) in [5.41, 5.74) is 3.09. The Morgan fingerprint density at radius 2 is 1.55 bits per heavy atom. The minimum atomic E-state index is -0.187. The second kappa shape index (κ2) is 6.66. The first-order valence-corrected chi connectivity index (χ1v) is 6.06. The maximum Gasteiger partial charge on any atom is 0.221 e. The molecule has 0 bridgehead atoms. The van der Waals surface area contributed by atoms with Gasteiger partial charge >= 0.3 is 0 Å². The summed E-state index contributed by atoms with van der Waals surface area (Å²) in [5.74, 6) is -0.254. The molecular formula is C17H19NO2. The fraction of sp³-hybridized carbons (Fsp3) is 0.176. The largest absolute Gasteiger partial charge is 0.326 e. The summed E-state index contributed by atoms with van der Waals surface area (Å²) in [4.78, 5) is 22.8. The summed E-state index contributed by atoms with van der Waals surface area (Å²) in [6.07, 6.45) is 0. The number of nitrogens with one attached hydrogen (secondary N) is 1. The lowest BCUT2D eigenvalue weighted by Gasteiger charge is -2.10. The van der Waals surface area contributed by atoms with Crippen LogP contribution in [0.5, 0.6) is 0 Å². The van der Waals surface area contributed by atoms with Gasteiger partial charge in [0.15, 0.2) is 5.78 Å². The van der Waals surface area contributed by atoms with Gasteiger partial charge in [-0.2, -0.15) is 0 Å². The van der Waals surface area contributed by atoms with Crippen LogP contribution >= 0.6 is 0 Å². The molecule has 0 radical (unpaired) electrons. The van der Waals surface area contributed by atoms with E-state index >= 15 is 0 Å². The van der Waals surface area contributed by atoms with Crippen LogP contribution in [-0.2, 0) is 4.79 Å². The van der Waals surface area contributed by atoms with Gasteiger partial charge in [-0.3, -0.25) is 9.59 Å². The van der Waals surface area contributed by atoms with E-state index in [0.717, 1.165) is 11.1 Å². The summed E-state index contributed by atoms with van der Waals surface area (Å²) >= 11 is 0. The van der Waals surface area contributed by atoms with Crippen molar-refractivity contribution < 1.29 is 9.59 Å². The minimum Gasteiger partial charge on any atom is -0.326 e. The number of Topliss-reactive ketones (excluding diaryl/α,β-unsaturated/α-hetero) is 1. The molecule has 3 heteroatoms. The van der Waals surface area contributed by atoms with Crippen molar-refractivity contribution in [2.75, 3.05) is 5.32 Å². The molecule has 20 heavy (non-hydrogen) atoms. The van der Waals surface area contributed by atoms with Crippen molar-refractivity contribution in [1.82, 2.24) is 0 Å². The Hall–Kier alpha value is -2.42. The Bertz CT molecular complexity index is 618. The lowest BCUT2D eigenvalue weighted by Crippen LogP contribution is -2.10. The van der Waals surface area contributed by atoms with Crippen molar-refractivity contribution in [2.24, 2.45) is 0 Å². The topological polar surface area (TPSA) is 46.2 Å². The average Bonchev–Trinajstić information content (AvgIpc) is 2.38. The number of hydrogen-bond acceptors (Lipinski definition) is 2. The molecule has 0 heterocycles. The smallest absolute Gasteiger partial charge is 0.221 e. The monoisotopic (exact) mass is 269 g/mol.